The number of carbonyl (C=O) groups is 1. The molecule has 2 heterocycles. The summed E-state index contributed by atoms with van der Waals surface area (Å²) in [5.41, 5.74) is 0.786. The van der Waals surface area contributed by atoms with E-state index in [4.69, 9.17) is 18.9 Å². The molecule has 0 aromatic carbocycles. The molecule has 2 saturated heterocycles. The molecule has 0 amide bonds. The SMILES string of the molecule is CCC1(CCCOC(=C(C)C(=O)O)C23CC4CC(CC(OCCCC5(CC)COC5)(C4)C2)C3)COC1. The highest BCUT2D eigenvalue weighted by molar-refractivity contribution is 5.86. The van der Waals surface area contributed by atoms with Crippen LogP contribution in [0.3, 0.4) is 0 Å². The number of allylic oxidation sites excluding steroid dienone is 1. The van der Waals surface area contributed by atoms with E-state index in [0.29, 0.717) is 34.8 Å². The van der Waals surface area contributed by atoms with Crippen LogP contribution >= 0.6 is 0 Å². The highest BCUT2D eigenvalue weighted by Gasteiger charge is 2.61. The van der Waals surface area contributed by atoms with E-state index in [9.17, 15) is 9.90 Å². The van der Waals surface area contributed by atoms with Gasteiger partial charge in [-0.05, 0) is 95.8 Å². The molecule has 6 heteroatoms. The summed E-state index contributed by atoms with van der Waals surface area (Å²) in [6.45, 7) is 11.1. The third kappa shape index (κ3) is 4.99. The number of hydrogen-bond donors (Lipinski definition) is 1. The van der Waals surface area contributed by atoms with Crippen molar-refractivity contribution in [3.05, 3.63) is 11.3 Å². The Kier molecular flexibility index (Phi) is 7.52. The van der Waals surface area contributed by atoms with Crippen molar-refractivity contribution < 1.29 is 28.8 Å². The van der Waals surface area contributed by atoms with Crippen LogP contribution in [0, 0.1) is 28.1 Å². The summed E-state index contributed by atoms with van der Waals surface area (Å²) < 4.78 is 24.3. The molecule has 6 rings (SSSR count). The molecule has 204 valence electrons. The Hall–Kier alpha value is -1.11. The van der Waals surface area contributed by atoms with E-state index < -0.39 is 5.97 Å². The normalized spacial score (nSPS) is 36.1. The smallest absolute Gasteiger partial charge is 0.334 e. The average molecular weight is 505 g/mol. The fraction of sp³-hybridized carbons (Fsp3) is 0.900. The van der Waals surface area contributed by atoms with Crippen molar-refractivity contribution in [2.24, 2.45) is 28.1 Å². The summed E-state index contributed by atoms with van der Waals surface area (Å²) in [4.78, 5) is 12.2. The van der Waals surface area contributed by atoms with E-state index in [-0.39, 0.29) is 11.0 Å². The van der Waals surface area contributed by atoms with Crippen molar-refractivity contribution in [3.8, 4) is 0 Å². The molecule has 2 atom stereocenters. The second-order valence-electron chi connectivity index (χ2n) is 13.3. The molecule has 6 fully saturated rings. The van der Waals surface area contributed by atoms with Gasteiger partial charge in [0.2, 0.25) is 0 Å². The molecule has 1 N–H and O–H groups in total. The number of rotatable bonds is 14. The molecule has 4 bridgehead atoms. The van der Waals surface area contributed by atoms with Crippen molar-refractivity contribution in [2.75, 3.05) is 39.6 Å². The van der Waals surface area contributed by atoms with Crippen LogP contribution in [0.4, 0.5) is 0 Å². The molecule has 36 heavy (non-hydrogen) atoms. The highest BCUT2D eigenvalue weighted by atomic mass is 16.5. The fourth-order valence-corrected chi connectivity index (χ4v) is 8.56. The number of carboxylic acids is 1. The molecular weight excluding hydrogens is 456 g/mol. The molecule has 0 aromatic rings. The molecule has 6 nitrogen and oxygen atoms in total. The third-order valence-corrected chi connectivity index (χ3v) is 10.6. The van der Waals surface area contributed by atoms with Gasteiger partial charge >= 0.3 is 5.97 Å². The maximum absolute atomic E-state index is 12.2. The van der Waals surface area contributed by atoms with Crippen LogP contribution < -0.4 is 0 Å². The van der Waals surface area contributed by atoms with Crippen molar-refractivity contribution >= 4 is 5.97 Å². The molecule has 0 radical (unpaired) electrons. The maximum atomic E-state index is 12.2. The predicted octanol–water partition coefficient (Wildman–Crippen LogP) is 6.13. The quantitative estimate of drug-likeness (QED) is 0.174. The topological polar surface area (TPSA) is 74.2 Å². The Morgan fingerprint density at radius 3 is 1.92 bits per heavy atom. The molecular formula is C30H48O6. The van der Waals surface area contributed by atoms with Gasteiger partial charge in [0.25, 0.3) is 0 Å². The fourth-order valence-electron chi connectivity index (χ4n) is 8.56. The standard InChI is InChI=1S/C30H48O6/c1-4-27(18-33-19-27)8-6-10-35-25(22(3)26(31)32)29-13-23-12-24(14-29)16-30(15-23,17-29)36-11-7-9-28(5-2)20-34-21-28/h23-24H,4-21H2,1-3H3,(H,31,32). The van der Waals surface area contributed by atoms with E-state index in [0.717, 1.165) is 96.6 Å². The van der Waals surface area contributed by atoms with Crippen LogP contribution in [0.25, 0.3) is 0 Å². The van der Waals surface area contributed by atoms with Gasteiger partial charge in [0.05, 0.1) is 44.2 Å². The Morgan fingerprint density at radius 2 is 1.44 bits per heavy atom. The minimum absolute atomic E-state index is 0.109. The molecule has 0 spiro atoms. The maximum Gasteiger partial charge on any atom is 0.334 e. The molecule has 2 aliphatic heterocycles. The first-order valence-corrected chi connectivity index (χ1v) is 14.6. The van der Waals surface area contributed by atoms with Crippen LogP contribution in [-0.4, -0.2) is 56.3 Å². The number of carboxylic acid groups (broad SMARTS) is 1. The summed E-state index contributed by atoms with van der Waals surface area (Å²) in [6, 6.07) is 0. The molecule has 4 saturated carbocycles. The molecule has 0 aromatic heterocycles. The van der Waals surface area contributed by atoms with Gasteiger partial charge in [-0.1, -0.05) is 13.8 Å². The van der Waals surface area contributed by atoms with E-state index in [2.05, 4.69) is 13.8 Å². The van der Waals surface area contributed by atoms with Crippen LogP contribution in [0.5, 0.6) is 0 Å². The summed E-state index contributed by atoms with van der Waals surface area (Å²) in [6.07, 6.45) is 13.1. The third-order valence-electron chi connectivity index (χ3n) is 10.6. The lowest BCUT2D eigenvalue weighted by Crippen LogP contribution is -2.58. The summed E-state index contributed by atoms with van der Waals surface area (Å²) in [7, 11) is 0. The van der Waals surface area contributed by atoms with Crippen molar-refractivity contribution in [1.82, 2.24) is 0 Å². The highest BCUT2D eigenvalue weighted by Crippen LogP contribution is 2.65. The first-order chi connectivity index (χ1) is 17.3. The Balaban J connectivity index is 1.25. The zero-order valence-corrected chi connectivity index (χ0v) is 22.9. The van der Waals surface area contributed by atoms with Gasteiger partial charge in [-0.3, -0.25) is 0 Å². The summed E-state index contributed by atoms with van der Waals surface area (Å²) in [5.74, 6) is 1.15. The van der Waals surface area contributed by atoms with Crippen molar-refractivity contribution in [2.45, 2.75) is 103 Å². The van der Waals surface area contributed by atoms with Crippen LogP contribution in [0.2, 0.25) is 0 Å². The van der Waals surface area contributed by atoms with E-state index >= 15 is 0 Å². The van der Waals surface area contributed by atoms with Crippen molar-refractivity contribution in [3.63, 3.8) is 0 Å². The average Bonchev–Trinajstić information content (AvgIpc) is 2.78. The zero-order valence-electron chi connectivity index (χ0n) is 22.9. The number of ether oxygens (including phenoxy) is 4. The van der Waals surface area contributed by atoms with Gasteiger partial charge in [-0.2, -0.15) is 0 Å². The largest absolute Gasteiger partial charge is 0.497 e. The lowest BCUT2D eigenvalue weighted by molar-refractivity contribution is -0.195. The van der Waals surface area contributed by atoms with Crippen LogP contribution in [0.1, 0.15) is 97.8 Å². The molecule has 4 aliphatic carbocycles. The van der Waals surface area contributed by atoms with Crippen molar-refractivity contribution in [1.29, 1.82) is 0 Å². The Morgan fingerprint density at radius 1 is 0.889 bits per heavy atom. The van der Waals surface area contributed by atoms with Gasteiger partial charge in [-0.25, -0.2) is 4.79 Å². The van der Waals surface area contributed by atoms with Crippen LogP contribution in [0.15, 0.2) is 11.3 Å². The lowest BCUT2D eigenvalue weighted by atomic mass is 9.47. The minimum atomic E-state index is -0.847. The summed E-state index contributed by atoms with van der Waals surface area (Å²) in [5, 5.41) is 10.00. The first-order valence-electron chi connectivity index (χ1n) is 14.6. The number of hydrogen-bond acceptors (Lipinski definition) is 5. The van der Waals surface area contributed by atoms with Gasteiger partial charge in [0.1, 0.15) is 5.76 Å². The van der Waals surface area contributed by atoms with Crippen LogP contribution in [-0.2, 0) is 23.7 Å². The molecule has 6 aliphatic rings. The van der Waals surface area contributed by atoms with E-state index in [1.54, 1.807) is 6.92 Å². The van der Waals surface area contributed by atoms with Gasteiger partial charge in [-0.15, -0.1) is 0 Å². The van der Waals surface area contributed by atoms with E-state index in [1.807, 2.05) is 0 Å². The zero-order chi connectivity index (χ0) is 25.4. The first kappa shape index (κ1) is 26.5. The summed E-state index contributed by atoms with van der Waals surface area (Å²) >= 11 is 0. The molecule has 2 unspecified atom stereocenters. The second-order valence-corrected chi connectivity index (χ2v) is 13.3. The van der Waals surface area contributed by atoms with E-state index in [1.165, 1.54) is 19.3 Å². The Labute approximate surface area is 217 Å². The minimum Gasteiger partial charge on any atom is -0.497 e. The monoisotopic (exact) mass is 504 g/mol. The van der Waals surface area contributed by atoms with Gasteiger partial charge in [0.15, 0.2) is 0 Å². The van der Waals surface area contributed by atoms with Gasteiger partial charge < -0.3 is 24.1 Å². The Bertz CT molecular complexity index is 813. The predicted molar refractivity (Wildman–Crippen MR) is 138 cm³/mol. The lowest BCUT2D eigenvalue weighted by Gasteiger charge is -2.62. The number of aliphatic carboxylic acids is 1. The second kappa shape index (κ2) is 10.2. The van der Waals surface area contributed by atoms with Gasteiger partial charge in [0, 0.05) is 22.9 Å².